The average molecular weight is 413 g/mol. The van der Waals surface area contributed by atoms with Crippen molar-refractivity contribution in [2.45, 2.75) is 39.3 Å². The molecule has 1 amide bonds. The van der Waals surface area contributed by atoms with Gasteiger partial charge in [-0.3, -0.25) is 9.59 Å². The average Bonchev–Trinajstić information content (AvgIpc) is 3.16. The van der Waals surface area contributed by atoms with Crippen LogP contribution < -0.4 is 10.9 Å². The minimum absolute atomic E-state index is 0.119. The van der Waals surface area contributed by atoms with Gasteiger partial charge in [0.2, 0.25) is 0 Å². The van der Waals surface area contributed by atoms with E-state index in [1.165, 1.54) is 10.6 Å². The van der Waals surface area contributed by atoms with Crippen molar-refractivity contribution in [2.75, 3.05) is 0 Å². The van der Waals surface area contributed by atoms with Gasteiger partial charge in [0.1, 0.15) is 5.76 Å². The van der Waals surface area contributed by atoms with Gasteiger partial charge in [0, 0.05) is 17.3 Å². The van der Waals surface area contributed by atoms with Crippen molar-refractivity contribution in [1.82, 2.24) is 9.88 Å². The molecule has 6 heteroatoms. The number of amides is 1. The van der Waals surface area contributed by atoms with E-state index in [0.717, 1.165) is 18.4 Å². The number of pyridine rings is 1. The van der Waals surface area contributed by atoms with Crippen LogP contribution in [0.25, 0.3) is 0 Å². The van der Waals surface area contributed by atoms with Crippen molar-refractivity contribution < 1.29 is 9.21 Å². The highest BCUT2D eigenvalue weighted by Crippen LogP contribution is 2.23. The second-order valence-corrected chi connectivity index (χ2v) is 7.92. The highest BCUT2D eigenvalue weighted by atomic mass is 35.5. The summed E-state index contributed by atoms with van der Waals surface area (Å²) in [4.78, 5) is 24.6. The molecule has 0 aliphatic rings. The first-order valence-corrected chi connectivity index (χ1v) is 10.1. The molecule has 0 spiro atoms. The summed E-state index contributed by atoms with van der Waals surface area (Å²) in [5.74, 6) is 1.03. The Bertz CT molecular complexity index is 1010. The molecule has 2 heterocycles. The van der Waals surface area contributed by atoms with Crippen LogP contribution in [0.15, 0.2) is 70.0 Å². The number of hydrogen-bond acceptors (Lipinski definition) is 3. The van der Waals surface area contributed by atoms with Crippen LogP contribution in [-0.2, 0) is 6.54 Å². The van der Waals surface area contributed by atoms with Gasteiger partial charge in [-0.05, 0) is 54.7 Å². The molecule has 3 rings (SSSR count). The Kier molecular flexibility index (Phi) is 6.94. The minimum atomic E-state index is -0.277. The molecule has 2 aromatic heterocycles. The number of carbonyl (C=O) groups is 1. The molecule has 0 saturated heterocycles. The molecule has 5 nitrogen and oxygen atoms in total. The molecule has 1 unspecified atom stereocenters. The van der Waals surface area contributed by atoms with Crippen LogP contribution in [0.2, 0.25) is 5.02 Å². The second kappa shape index (κ2) is 9.61. The molecule has 29 heavy (non-hydrogen) atoms. The zero-order chi connectivity index (χ0) is 20.8. The zero-order valence-corrected chi connectivity index (χ0v) is 17.4. The summed E-state index contributed by atoms with van der Waals surface area (Å²) in [6, 6.07) is 15.7. The molecule has 0 radical (unpaired) electrons. The lowest BCUT2D eigenvalue weighted by molar-refractivity contribution is 0.0903. The first-order chi connectivity index (χ1) is 13.9. The highest BCUT2D eigenvalue weighted by Gasteiger charge is 2.19. The fourth-order valence-electron chi connectivity index (χ4n) is 3.09. The van der Waals surface area contributed by atoms with Crippen LogP contribution in [-0.4, -0.2) is 10.5 Å². The topological polar surface area (TPSA) is 64.2 Å². The van der Waals surface area contributed by atoms with Crippen molar-refractivity contribution in [1.29, 1.82) is 0 Å². The normalized spacial score (nSPS) is 12.1. The molecule has 0 saturated carbocycles. The fourth-order valence-corrected chi connectivity index (χ4v) is 3.22. The number of nitrogens with zero attached hydrogens (tertiary/aromatic N) is 1. The monoisotopic (exact) mass is 412 g/mol. The Morgan fingerprint density at radius 3 is 2.52 bits per heavy atom. The third kappa shape index (κ3) is 5.84. The number of furan rings is 1. The Labute approximate surface area is 175 Å². The molecular formula is C23H25ClN2O3. The largest absolute Gasteiger partial charge is 0.454 e. The Morgan fingerprint density at radius 1 is 1.07 bits per heavy atom. The summed E-state index contributed by atoms with van der Waals surface area (Å²) in [5, 5.41) is 3.73. The summed E-state index contributed by atoms with van der Waals surface area (Å²) >= 11 is 6.00. The number of hydrogen-bond donors (Lipinski definition) is 1. The van der Waals surface area contributed by atoms with Crippen LogP contribution in [0, 0.1) is 5.92 Å². The Morgan fingerprint density at radius 2 is 1.83 bits per heavy atom. The van der Waals surface area contributed by atoms with E-state index >= 15 is 0 Å². The third-order valence-corrected chi connectivity index (χ3v) is 4.97. The van der Waals surface area contributed by atoms with Crippen molar-refractivity contribution in [3.05, 3.63) is 93.3 Å². The van der Waals surface area contributed by atoms with Gasteiger partial charge in [-0.25, -0.2) is 0 Å². The maximum Gasteiger partial charge on any atom is 0.287 e. The third-order valence-electron chi connectivity index (χ3n) is 4.72. The number of nitrogens with one attached hydrogen (secondary N) is 1. The molecule has 1 aromatic carbocycles. The fraction of sp³-hybridized carbons (Fsp3) is 0.304. The number of aromatic nitrogens is 1. The lowest BCUT2D eigenvalue weighted by Crippen LogP contribution is -2.28. The molecule has 152 valence electrons. The summed E-state index contributed by atoms with van der Waals surface area (Å²) < 4.78 is 7.22. The van der Waals surface area contributed by atoms with Gasteiger partial charge in [0.25, 0.3) is 11.5 Å². The van der Waals surface area contributed by atoms with Gasteiger partial charge < -0.3 is 14.3 Å². The first-order valence-electron chi connectivity index (χ1n) is 9.73. The quantitative estimate of drug-likeness (QED) is 0.563. The van der Waals surface area contributed by atoms with E-state index in [1.54, 1.807) is 30.5 Å². The van der Waals surface area contributed by atoms with Gasteiger partial charge in [-0.15, -0.1) is 0 Å². The van der Waals surface area contributed by atoms with E-state index < -0.39 is 0 Å². The molecule has 0 aliphatic carbocycles. The lowest BCUT2D eigenvalue weighted by Gasteiger charge is -2.20. The van der Waals surface area contributed by atoms with Crippen molar-refractivity contribution in [3.8, 4) is 0 Å². The van der Waals surface area contributed by atoms with Gasteiger partial charge in [0.15, 0.2) is 5.76 Å². The van der Waals surface area contributed by atoms with E-state index in [9.17, 15) is 9.59 Å². The molecule has 0 aliphatic heterocycles. The maximum atomic E-state index is 12.8. The summed E-state index contributed by atoms with van der Waals surface area (Å²) in [6.45, 7) is 4.59. The highest BCUT2D eigenvalue weighted by molar-refractivity contribution is 6.30. The van der Waals surface area contributed by atoms with Crippen LogP contribution in [0.3, 0.4) is 0 Å². The van der Waals surface area contributed by atoms with Crippen LogP contribution in [0.5, 0.6) is 0 Å². The number of carbonyl (C=O) groups excluding carboxylic acids is 1. The van der Waals surface area contributed by atoms with E-state index in [2.05, 4.69) is 19.2 Å². The molecule has 1 atom stereocenters. The summed E-state index contributed by atoms with van der Waals surface area (Å²) in [6.07, 6.45) is 3.49. The smallest absolute Gasteiger partial charge is 0.287 e. The number of rotatable bonds is 8. The Hall–Kier alpha value is -2.79. The first kappa shape index (κ1) is 20.9. The van der Waals surface area contributed by atoms with Crippen molar-refractivity contribution >= 4 is 17.5 Å². The van der Waals surface area contributed by atoms with E-state index in [0.29, 0.717) is 16.7 Å². The molecule has 0 bridgehead atoms. The summed E-state index contributed by atoms with van der Waals surface area (Å²) in [7, 11) is 0. The Balaban J connectivity index is 1.72. The molecule has 3 aromatic rings. The molecular weight excluding hydrogens is 388 g/mol. The molecule has 0 fully saturated rings. The number of benzene rings is 1. The predicted octanol–water partition coefficient (Wildman–Crippen LogP) is 5.05. The number of halogens is 1. The van der Waals surface area contributed by atoms with Crippen molar-refractivity contribution in [2.24, 2.45) is 5.92 Å². The zero-order valence-electron chi connectivity index (χ0n) is 16.6. The van der Waals surface area contributed by atoms with Crippen LogP contribution in [0.4, 0.5) is 0 Å². The SMILES string of the molecule is CC(C)CCC(NC(=O)c1ccc(Cn2ccccc2=O)o1)c1ccc(Cl)cc1. The van der Waals surface area contributed by atoms with Crippen LogP contribution in [0.1, 0.15) is 54.6 Å². The minimum Gasteiger partial charge on any atom is -0.454 e. The van der Waals surface area contributed by atoms with Gasteiger partial charge in [-0.1, -0.05) is 43.6 Å². The maximum absolute atomic E-state index is 12.8. The van der Waals surface area contributed by atoms with E-state index in [4.69, 9.17) is 16.0 Å². The van der Waals surface area contributed by atoms with Gasteiger partial charge >= 0.3 is 0 Å². The predicted molar refractivity (Wildman–Crippen MR) is 114 cm³/mol. The van der Waals surface area contributed by atoms with Crippen LogP contribution >= 0.6 is 11.6 Å². The lowest BCUT2D eigenvalue weighted by atomic mass is 9.97. The van der Waals surface area contributed by atoms with Crippen molar-refractivity contribution in [3.63, 3.8) is 0 Å². The van der Waals surface area contributed by atoms with E-state index in [-0.39, 0.29) is 29.8 Å². The van der Waals surface area contributed by atoms with Gasteiger partial charge in [-0.2, -0.15) is 0 Å². The summed E-state index contributed by atoms with van der Waals surface area (Å²) in [5.41, 5.74) is 0.886. The second-order valence-electron chi connectivity index (χ2n) is 7.48. The standard InChI is InChI=1S/C23H25ClN2O3/c1-16(2)6-12-20(17-7-9-18(24)10-8-17)25-23(28)21-13-11-19(29-21)15-26-14-4-3-5-22(26)27/h3-5,7-11,13-14,16,20H,6,12,15H2,1-2H3,(H,25,28). The van der Waals surface area contributed by atoms with Gasteiger partial charge in [0.05, 0.1) is 12.6 Å². The van der Waals surface area contributed by atoms with E-state index in [1.807, 2.05) is 24.3 Å². The molecule has 1 N–H and O–H groups in total.